The molecule has 0 aliphatic heterocycles. The highest BCUT2D eigenvalue weighted by atomic mass is 19.3. The molecule has 1 heterocycles. The fraction of sp³-hybridized carbons (Fsp3) is 0.0714. The second-order valence-electron chi connectivity index (χ2n) is 4.00. The molecule has 3 aromatic rings. The van der Waals surface area contributed by atoms with Crippen molar-refractivity contribution in [3.8, 4) is 0 Å². The molecule has 1 aromatic heterocycles. The van der Waals surface area contributed by atoms with E-state index in [4.69, 9.17) is 0 Å². The van der Waals surface area contributed by atoms with E-state index in [1.165, 1.54) is 12.1 Å². The monoisotopic (exact) mass is 247 g/mol. The SMILES string of the molecule is Fc1ccc2c(c1)c(C(F)F)nc1ccccc12. The van der Waals surface area contributed by atoms with E-state index >= 15 is 0 Å². The number of rotatable bonds is 1. The Hall–Kier alpha value is -2.10. The van der Waals surface area contributed by atoms with Crippen LogP contribution in [-0.4, -0.2) is 4.98 Å². The Morgan fingerprint density at radius 2 is 1.67 bits per heavy atom. The molecule has 3 rings (SSSR count). The molecule has 0 bridgehead atoms. The van der Waals surface area contributed by atoms with Crippen LogP contribution in [-0.2, 0) is 0 Å². The summed E-state index contributed by atoms with van der Waals surface area (Å²) in [4.78, 5) is 3.93. The summed E-state index contributed by atoms with van der Waals surface area (Å²) in [7, 11) is 0. The van der Waals surface area contributed by atoms with Crippen LogP contribution in [0.15, 0.2) is 42.5 Å². The van der Waals surface area contributed by atoms with Gasteiger partial charge in [-0.15, -0.1) is 0 Å². The largest absolute Gasteiger partial charge is 0.281 e. The maximum absolute atomic E-state index is 13.2. The number of para-hydroxylation sites is 1. The summed E-state index contributed by atoms with van der Waals surface area (Å²) in [5, 5.41) is 1.51. The normalized spacial score (nSPS) is 11.6. The van der Waals surface area contributed by atoms with Crippen molar-refractivity contribution in [2.45, 2.75) is 6.43 Å². The van der Waals surface area contributed by atoms with Gasteiger partial charge >= 0.3 is 0 Å². The quantitative estimate of drug-likeness (QED) is 0.578. The molecule has 0 N–H and O–H groups in total. The van der Waals surface area contributed by atoms with Crippen LogP contribution in [0.5, 0.6) is 0 Å². The van der Waals surface area contributed by atoms with Crippen LogP contribution >= 0.6 is 0 Å². The van der Waals surface area contributed by atoms with Crippen molar-refractivity contribution in [1.29, 1.82) is 0 Å². The first-order valence-corrected chi connectivity index (χ1v) is 5.43. The molecule has 1 nitrogen and oxygen atoms in total. The summed E-state index contributed by atoms with van der Waals surface area (Å²) in [5.74, 6) is -0.540. The number of hydrogen-bond donors (Lipinski definition) is 0. The number of fused-ring (bicyclic) bond motifs is 3. The third kappa shape index (κ3) is 1.61. The van der Waals surface area contributed by atoms with Gasteiger partial charge in [-0.2, -0.15) is 0 Å². The van der Waals surface area contributed by atoms with Crippen LogP contribution in [0.2, 0.25) is 0 Å². The van der Waals surface area contributed by atoms with Crippen molar-refractivity contribution in [1.82, 2.24) is 4.98 Å². The van der Waals surface area contributed by atoms with Gasteiger partial charge in [0, 0.05) is 10.8 Å². The number of alkyl halides is 2. The van der Waals surface area contributed by atoms with Crippen LogP contribution in [0, 0.1) is 5.82 Å². The lowest BCUT2D eigenvalue weighted by atomic mass is 10.0. The molecule has 0 spiro atoms. The van der Waals surface area contributed by atoms with E-state index in [9.17, 15) is 13.2 Å². The summed E-state index contributed by atoms with van der Waals surface area (Å²) in [5.41, 5.74) is 0.120. The number of hydrogen-bond acceptors (Lipinski definition) is 1. The Balaban J connectivity index is 2.54. The zero-order valence-corrected chi connectivity index (χ0v) is 9.20. The van der Waals surface area contributed by atoms with Crippen molar-refractivity contribution in [2.75, 3.05) is 0 Å². The topological polar surface area (TPSA) is 12.9 Å². The molecule has 0 aliphatic carbocycles. The number of pyridine rings is 1. The number of benzene rings is 2. The summed E-state index contributed by atoms with van der Waals surface area (Å²) in [6.45, 7) is 0. The Morgan fingerprint density at radius 1 is 0.889 bits per heavy atom. The lowest BCUT2D eigenvalue weighted by Gasteiger charge is -2.08. The lowest BCUT2D eigenvalue weighted by Crippen LogP contribution is -1.94. The zero-order chi connectivity index (χ0) is 12.7. The maximum atomic E-state index is 13.2. The highest BCUT2D eigenvalue weighted by Gasteiger charge is 2.16. The van der Waals surface area contributed by atoms with Crippen molar-refractivity contribution in [3.63, 3.8) is 0 Å². The first-order chi connectivity index (χ1) is 8.66. The average molecular weight is 247 g/mol. The molecule has 90 valence electrons. The Kier molecular flexibility index (Phi) is 2.44. The average Bonchev–Trinajstić information content (AvgIpc) is 2.37. The molecular formula is C14H8F3N. The van der Waals surface area contributed by atoms with Gasteiger partial charge in [0.05, 0.1) is 5.52 Å². The van der Waals surface area contributed by atoms with Gasteiger partial charge in [-0.25, -0.2) is 18.2 Å². The fourth-order valence-corrected chi connectivity index (χ4v) is 2.12. The van der Waals surface area contributed by atoms with E-state index in [0.29, 0.717) is 10.9 Å². The fourth-order valence-electron chi connectivity index (χ4n) is 2.12. The van der Waals surface area contributed by atoms with Gasteiger partial charge in [-0.05, 0) is 23.6 Å². The van der Waals surface area contributed by atoms with Gasteiger partial charge in [0.1, 0.15) is 11.5 Å². The highest BCUT2D eigenvalue weighted by Crippen LogP contribution is 2.31. The molecular weight excluding hydrogens is 239 g/mol. The van der Waals surface area contributed by atoms with Crippen molar-refractivity contribution < 1.29 is 13.2 Å². The van der Waals surface area contributed by atoms with E-state index < -0.39 is 12.2 Å². The Morgan fingerprint density at radius 3 is 2.44 bits per heavy atom. The van der Waals surface area contributed by atoms with Gasteiger partial charge in [0.15, 0.2) is 0 Å². The molecule has 0 saturated carbocycles. The number of aromatic nitrogens is 1. The van der Waals surface area contributed by atoms with E-state index in [1.54, 1.807) is 24.3 Å². The lowest BCUT2D eigenvalue weighted by molar-refractivity contribution is 0.148. The minimum absolute atomic E-state index is 0.170. The van der Waals surface area contributed by atoms with Crippen molar-refractivity contribution in [2.24, 2.45) is 0 Å². The molecule has 0 radical (unpaired) electrons. The number of nitrogens with zero attached hydrogens (tertiary/aromatic N) is 1. The zero-order valence-electron chi connectivity index (χ0n) is 9.20. The van der Waals surface area contributed by atoms with Crippen LogP contribution in [0.4, 0.5) is 13.2 Å². The van der Waals surface area contributed by atoms with E-state index in [2.05, 4.69) is 4.98 Å². The summed E-state index contributed by atoms with van der Waals surface area (Å²) in [6, 6.07) is 10.9. The predicted octanol–water partition coefficient (Wildman–Crippen LogP) is 4.46. The predicted molar refractivity (Wildman–Crippen MR) is 64.2 cm³/mol. The van der Waals surface area contributed by atoms with E-state index in [0.717, 1.165) is 11.5 Å². The van der Waals surface area contributed by atoms with Gasteiger partial charge < -0.3 is 0 Å². The van der Waals surface area contributed by atoms with E-state index in [-0.39, 0.29) is 11.1 Å². The van der Waals surface area contributed by atoms with Crippen LogP contribution < -0.4 is 0 Å². The summed E-state index contributed by atoms with van der Waals surface area (Å²) >= 11 is 0. The van der Waals surface area contributed by atoms with Crippen LogP contribution in [0.3, 0.4) is 0 Å². The minimum atomic E-state index is -2.72. The summed E-state index contributed by atoms with van der Waals surface area (Å²) in [6.07, 6.45) is -2.72. The van der Waals surface area contributed by atoms with Crippen LogP contribution in [0.1, 0.15) is 12.1 Å². The van der Waals surface area contributed by atoms with Crippen molar-refractivity contribution in [3.05, 3.63) is 54.0 Å². The Labute approximate surface area is 101 Å². The molecule has 2 aromatic carbocycles. The highest BCUT2D eigenvalue weighted by molar-refractivity contribution is 6.06. The van der Waals surface area contributed by atoms with E-state index in [1.807, 2.05) is 0 Å². The van der Waals surface area contributed by atoms with Crippen molar-refractivity contribution >= 4 is 21.7 Å². The van der Waals surface area contributed by atoms with Gasteiger partial charge in [0.25, 0.3) is 6.43 Å². The van der Waals surface area contributed by atoms with Gasteiger partial charge in [0.2, 0.25) is 0 Å². The third-order valence-electron chi connectivity index (χ3n) is 2.90. The second kappa shape index (κ2) is 3.98. The summed E-state index contributed by atoms with van der Waals surface area (Å²) < 4.78 is 39.2. The second-order valence-corrected chi connectivity index (χ2v) is 4.00. The van der Waals surface area contributed by atoms with Crippen LogP contribution in [0.25, 0.3) is 21.7 Å². The van der Waals surface area contributed by atoms with Gasteiger partial charge in [-0.1, -0.05) is 24.3 Å². The first kappa shape index (κ1) is 11.0. The smallest absolute Gasteiger partial charge is 0.246 e. The maximum Gasteiger partial charge on any atom is 0.281 e. The molecule has 0 aliphatic rings. The molecule has 4 heteroatoms. The molecule has 0 unspecified atom stereocenters. The molecule has 0 atom stereocenters. The number of halogens is 3. The minimum Gasteiger partial charge on any atom is -0.246 e. The molecule has 0 amide bonds. The molecule has 0 fully saturated rings. The third-order valence-corrected chi connectivity index (χ3v) is 2.90. The molecule has 0 saturated heterocycles. The standard InChI is InChI=1S/C14H8F3N/c15-8-5-6-9-10-3-1-2-4-12(10)18-13(14(16)17)11(9)7-8/h1-7,14H. The van der Waals surface area contributed by atoms with Gasteiger partial charge in [-0.3, -0.25) is 0 Å². The molecule has 18 heavy (non-hydrogen) atoms. The Bertz CT molecular complexity index is 738. The first-order valence-electron chi connectivity index (χ1n) is 5.43.